The Morgan fingerprint density at radius 2 is 1.70 bits per heavy atom. The highest BCUT2D eigenvalue weighted by Crippen LogP contribution is 2.40. The van der Waals surface area contributed by atoms with Crippen LogP contribution in [0.1, 0.15) is 92.7 Å². The number of ketones is 1. The highest BCUT2D eigenvalue weighted by Gasteiger charge is 2.45. The molecule has 4 nitrogen and oxygen atoms in total. The highest BCUT2D eigenvalue weighted by atomic mass is 16.3. The molecule has 33 heavy (non-hydrogen) atoms. The molecule has 1 saturated heterocycles. The van der Waals surface area contributed by atoms with Crippen molar-refractivity contribution >= 4 is 17.4 Å². The number of Topliss-reactive ketones (excluding diaryl/α,β-unsaturated/α-hetero) is 1. The molecule has 4 heteroatoms. The van der Waals surface area contributed by atoms with Gasteiger partial charge in [-0.25, -0.2) is 0 Å². The number of carbonyl (C=O) groups is 2. The van der Waals surface area contributed by atoms with Crippen LogP contribution in [0.2, 0.25) is 0 Å². The number of likely N-dealkylation sites (tertiary alicyclic amines) is 1. The van der Waals surface area contributed by atoms with Gasteiger partial charge in [0.05, 0.1) is 11.6 Å². The quantitative estimate of drug-likeness (QED) is 0.235. The van der Waals surface area contributed by atoms with E-state index in [1.165, 1.54) is 23.1 Å². The minimum absolute atomic E-state index is 0.0577. The van der Waals surface area contributed by atoms with E-state index in [0.717, 1.165) is 44.1 Å². The molecule has 1 N–H and O–H groups in total. The number of fused-ring (bicyclic) bond motifs is 1. The van der Waals surface area contributed by atoms with E-state index in [9.17, 15) is 14.7 Å². The first kappa shape index (κ1) is 23.3. The van der Waals surface area contributed by atoms with Crippen LogP contribution in [0.25, 0.3) is 5.76 Å². The van der Waals surface area contributed by atoms with Gasteiger partial charge in [-0.3, -0.25) is 9.59 Å². The molecule has 0 bridgehead atoms. The molecule has 2 aromatic carbocycles. The van der Waals surface area contributed by atoms with Crippen molar-refractivity contribution in [1.82, 2.24) is 4.90 Å². The van der Waals surface area contributed by atoms with Crippen LogP contribution < -0.4 is 0 Å². The van der Waals surface area contributed by atoms with E-state index in [0.29, 0.717) is 18.0 Å². The Hall–Kier alpha value is -2.88. The van der Waals surface area contributed by atoms with E-state index in [4.69, 9.17) is 0 Å². The van der Waals surface area contributed by atoms with Gasteiger partial charge < -0.3 is 10.0 Å². The minimum Gasteiger partial charge on any atom is -0.507 e. The monoisotopic (exact) mass is 445 g/mol. The Morgan fingerprint density at radius 1 is 1.00 bits per heavy atom. The fraction of sp³-hybridized carbons (Fsp3) is 0.448. The molecule has 1 fully saturated rings. The lowest BCUT2D eigenvalue weighted by Crippen LogP contribution is -2.30. The molecule has 0 aromatic heterocycles. The summed E-state index contributed by atoms with van der Waals surface area (Å²) in [5.41, 5.74) is 5.47. The maximum absolute atomic E-state index is 13.2. The van der Waals surface area contributed by atoms with E-state index in [1.54, 1.807) is 4.90 Å². The van der Waals surface area contributed by atoms with Crippen molar-refractivity contribution in [2.45, 2.75) is 77.7 Å². The van der Waals surface area contributed by atoms with Crippen LogP contribution in [0.4, 0.5) is 0 Å². The Bertz CT molecular complexity index is 1060. The Labute approximate surface area is 197 Å². The molecule has 2 aromatic rings. The molecule has 1 amide bonds. The number of aryl methyl sites for hydroxylation is 2. The SMILES string of the molecule is CCCCCN1C(=O)C(=O)/C(=C(\O)c2ccc3c(c2)CCCC3)C1c1ccc(C(C)C)cc1. The van der Waals surface area contributed by atoms with Gasteiger partial charge in [0.1, 0.15) is 5.76 Å². The number of amides is 1. The number of unbranched alkanes of at least 4 members (excludes halogenated alkanes) is 2. The molecule has 1 aliphatic carbocycles. The molecule has 4 rings (SSSR count). The fourth-order valence-corrected chi connectivity index (χ4v) is 5.09. The van der Waals surface area contributed by atoms with Crippen LogP contribution in [-0.2, 0) is 22.4 Å². The van der Waals surface area contributed by atoms with Crippen LogP contribution in [0, 0.1) is 0 Å². The molecule has 0 spiro atoms. The predicted octanol–water partition coefficient (Wildman–Crippen LogP) is 6.30. The van der Waals surface area contributed by atoms with Gasteiger partial charge >= 0.3 is 0 Å². The van der Waals surface area contributed by atoms with E-state index >= 15 is 0 Å². The van der Waals surface area contributed by atoms with E-state index in [-0.39, 0.29) is 11.3 Å². The third kappa shape index (κ3) is 4.62. The molecule has 174 valence electrons. The normalized spacial score (nSPS) is 19.9. The van der Waals surface area contributed by atoms with Crippen LogP contribution in [0.5, 0.6) is 0 Å². The Balaban J connectivity index is 1.79. The van der Waals surface area contributed by atoms with Gasteiger partial charge in [-0.2, -0.15) is 0 Å². The van der Waals surface area contributed by atoms with Crippen molar-refractivity contribution in [1.29, 1.82) is 0 Å². The molecule has 1 heterocycles. The summed E-state index contributed by atoms with van der Waals surface area (Å²) in [4.78, 5) is 27.9. The predicted molar refractivity (Wildman–Crippen MR) is 132 cm³/mol. The first-order valence-electron chi connectivity index (χ1n) is 12.4. The Morgan fingerprint density at radius 3 is 2.36 bits per heavy atom. The van der Waals surface area contributed by atoms with E-state index in [1.807, 2.05) is 24.3 Å². The number of aliphatic hydroxyl groups excluding tert-OH is 1. The van der Waals surface area contributed by atoms with Gasteiger partial charge in [-0.1, -0.05) is 70.0 Å². The zero-order chi connectivity index (χ0) is 23.5. The van der Waals surface area contributed by atoms with Crippen molar-refractivity contribution < 1.29 is 14.7 Å². The lowest BCUT2D eigenvalue weighted by atomic mass is 9.88. The second kappa shape index (κ2) is 9.94. The second-order valence-electron chi connectivity index (χ2n) is 9.71. The molecule has 0 saturated carbocycles. The van der Waals surface area contributed by atoms with Crippen LogP contribution in [0.3, 0.4) is 0 Å². The summed E-state index contributed by atoms with van der Waals surface area (Å²) in [5.74, 6) is -0.758. The highest BCUT2D eigenvalue weighted by molar-refractivity contribution is 6.46. The minimum atomic E-state index is -0.584. The van der Waals surface area contributed by atoms with Gasteiger partial charge in [0.25, 0.3) is 11.7 Å². The van der Waals surface area contributed by atoms with Crippen molar-refractivity contribution in [3.8, 4) is 0 Å². The van der Waals surface area contributed by atoms with Gasteiger partial charge in [0, 0.05) is 12.1 Å². The van der Waals surface area contributed by atoms with E-state index < -0.39 is 17.7 Å². The molecule has 2 aliphatic rings. The fourth-order valence-electron chi connectivity index (χ4n) is 5.09. The van der Waals surface area contributed by atoms with Crippen molar-refractivity contribution in [2.75, 3.05) is 6.54 Å². The molecule has 0 radical (unpaired) electrons. The summed E-state index contributed by atoms with van der Waals surface area (Å²) >= 11 is 0. The summed E-state index contributed by atoms with van der Waals surface area (Å²) < 4.78 is 0. The third-order valence-electron chi connectivity index (χ3n) is 7.08. The first-order valence-corrected chi connectivity index (χ1v) is 12.4. The van der Waals surface area contributed by atoms with Gasteiger partial charge in [-0.15, -0.1) is 0 Å². The number of aliphatic hydroxyl groups is 1. The maximum Gasteiger partial charge on any atom is 0.295 e. The average molecular weight is 446 g/mol. The first-order chi connectivity index (χ1) is 15.9. The zero-order valence-electron chi connectivity index (χ0n) is 20.1. The smallest absolute Gasteiger partial charge is 0.295 e. The number of hydrogen-bond acceptors (Lipinski definition) is 3. The second-order valence-corrected chi connectivity index (χ2v) is 9.71. The molecular weight excluding hydrogens is 410 g/mol. The molecular formula is C29H35NO3. The van der Waals surface area contributed by atoms with E-state index in [2.05, 4.69) is 39.0 Å². The molecule has 1 unspecified atom stereocenters. The van der Waals surface area contributed by atoms with Crippen LogP contribution in [0.15, 0.2) is 48.0 Å². The number of hydrogen-bond donors (Lipinski definition) is 1. The topological polar surface area (TPSA) is 57.6 Å². The Kier molecular flexibility index (Phi) is 7.02. The number of carbonyl (C=O) groups excluding carboxylic acids is 2. The lowest BCUT2D eigenvalue weighted by molar-refractivity contribution is -0.139. The third-order valence-corrected chi connectivity index (χ3v) is 7.08. The summed E-state index contributed by atoms with van der Waals surface area (Å²) in [7, 11) is 0. The summed E-state index contributed by atoms with van der Waals surface area (Å²) in [6.45, 7) is 6.91. The molecule has 1 aliphatic heterocycles. The van der Waals surface area contributed by atoms with Crippen LogP contribution >= 0.6 is 0 Å². The lowest BCUT2D eigenvalue weighted by Gasteiger charge is -2.26. The summed E-state index contributed by atoms with van der Waals surface area (Å²) in [5, 5.41) is 11.4. The maximum atomic E-state index is 13.2. The molecule has 1 atom stereocenters. The van der Waals surface area contributed by atoms with Gasteiger partial charge in [0.15, 0.2) is 0 Å². The average Bonchev–Trinajstić information content (AvgIpc) is 3.08. The van der Waals surface area contributed by atoms with Crippen molar-refractivity contribution in [2.24, 2.45) is 0 Å². The van der Waals surface area contributed by atoms with Gasteiger partial charge in [-0.05, 0) is 66.3 Å². The number of rotatable bonds is 7. The number of benzene rings is 2. The summed E-state index contributed by atoms with van der Waals surface area (Å²) in [6, 6.07) is 13.5. The van der Waals surface area contributed by atoms with Gasteiger partial charge in [0.2, 0.25) is 0 Å². The standard InChI is InChI=1S/C29H35NO3/c1-4-5-8-17-30-26(22-14-11-20(12-15-22)19(2)3)25(28(32)29(30)33)27(31)24-16-13-21-9-6-7-10-23(21)18-24/h11-16,18-19,26,31H,4-10,17H2,1-3H3/b27-25-. The summed E-state index contributed by atoms with van der Waals surface area (Å²) in [6.07, 6.45) is 7.24. The van der Waals surface area contributed by atoms with Crippen molar-refractivity contribution in [3.05, 3.63) is 75.9 Å². The van der Waals surface area contributed by atoms with Crippen molar-refractivity contribution in [3.63, 3.8) is 0 Å². The number of nitrogens with zero attached hydrogens (tertiary/aromatic N) is 1. The zero-order valence-corrected chi connectivity index (χ0v) is 20.1. The largest absolute Gasteiger partial charge is 0.507 e. The van der Waals surface area contributed by atoms with Crippen LogP contribution in [-0.4, -0.2) is 28.2 Å².